The van der Waals surface area contributed by atoms with Gasteiger partial charge in [0.15, 0.2) is 0 Å². The predicted octanol–water partition coefficient (Wildman–Crippen LogP) is 5.70. The second-order valence-corrected chi connectivity index (χ2v) is 9.51. The maximum Gasteiger partial charge on any atom is 0.490 e. The number of fused-ring (bicyclic) bond motifs is 1. The zero-order chi connectivity index (χ0) is 30.2. The molecule has 0 bridgehead atoms. The van der Waals surface area contributed by atoms with E-state index in [1.807, 2.05) is 68.4 Å². The Morgan fingerprint density at radius 1 is 0.976 bits per heavy atom. The largest absolute Gasteiger partial charge is 0.490 e. The first-order valence-electron chi connectivity index (χ1n) is 12.5. The topological polar surface area (TPSA) is 144 Å². The van der Waals surface area contributed by atoms with Gasteiger partial charge in [0, 0.05) is 17.4 Å². The zero-order valence-electron chi connectivity index (χ0n) is 22.2. The van der Waals surface area contributed by atoms with Crippen molar-refractivity contribution in [2.75, 3.05) is 5.32 Å². The van der Waals surface area contributed by atoms with Crippen LogP contribution in [0.5, 0.6) is 0 Å². The van der Waals surface area contributed by atoms with Crippen LogP contribution < -0.4 is 10.6 Å². The van der Waals surface area contributed by atoms with Crippen molar-refractivity contribution >= 4 is 34.3 Å². The van der Waals surface area contributed by atoms with E-state index in [0.717, 1.165) is 33.3 Å². The van der Waals surface area contributed by atoms with Crippen LogP contribution in [-0.4, -0.2) is 50.2 Å². The van der Waals surface area contributed by atoms with Gasteiger partial charge >= 0.3 is 18.1 Å². The highest BCUT2D eigenvalue weighted by Crippen LogP contribution is 2.33. The average molecular weight is 571 g/mol. The molecule has 0 spiro atoms. The summed E-state index contributed by atoms with van der Waals surface area (Å²) >= 11 is 0. The first-order chi connectivity index (χ1) is 19.4. The summed E-state index contributed by atoms with van der Waals surface area (Å²) in [5, 5.41) is 24.9. The van der Waals surface area contributed by atoms with Crippen molar-refractivity contribution in [3.05, 3.63) is 84.4 Å². The van der Waals surface area contributed by atoms with Crippen molar-refractivity contribution in [2.24, 2.45) is 5.92 Å². The summed E-state index contributed by atoms with van der Waals surface area (Å²) in [6.07, 6.45) is -1.35. The quantitative estimate of drug-likeness (QED) is 0.174. The van der Waals surface area contributed by atoms with Crippen molar-refractivity contribution in [3.8, 4) is 11.1 Å². The molecule has 0 saturated carbocycles. The molecule has 1 amide bonds. The van der Waals surface area contributed by atoms with Gasteiger partial charge in [0.25, 0.3) is 5.91 Å². The van der Waals surface area contributed by atoms with Crippen LogP contribution in [0.4, 0.5) is 18.9 Å². The number of hydrogen-bond donors (Lipinski definition) is 5. The van der Waals surface area contributed by atoms with Crippen LogP contribution in [0, 0.1) is 5.92 Å². The highest BCUT2D eigenvalue weighted by atomic mass is 19.4. The van der Waals surface area contributed by atoms with Gasteiger partial charge < -0.3 is 25.8 Å². The number of aliphatic carboxylic acids is 2. The molecule has 0 aliphatic heterocycles. The Kier molecular flexibility index (Phi) is 10.1. The van der Waals surface area contributed by atoms with Crippen LogP contribution in [0.25, 0.3) is 21.9 Å². The molecule has 1 heterocycles. The normalized spacial score (nSPS) is 11.9. The van der Waals surface area contributed by atoms with Crippen molar-refractivity contribution in [1.29, 1.82) is 0 Å². The van der Waals surface area contributed by atoms with E-state index in [2.05, 4.69) is 20.6 Å². The van der Waals surface area contributed by atoms with Gasteiger partial charge in [0.05, 0.1) is 18.6 Å². The number of carboxylic acids is 2. The number of halogens is 3. The van der Waals surface area contributed by atoms with Crippen molar-refractivity contribution in [3.63, 3.8) is 0 Å². The van der Waals surface area contributed by atoms with Crippen LogP contribution in [0.15, 0.2) is 73.2 Å². The van der Waals surface area contributed by atoms with Crippen molar-refractivity contribution in [2.45, 2.75) is 39.0 Å². The van der Waals surface area contributed by atoms with Gasteiger partial charge in [-0.15, -0.1) is 0 Å². The number of hydrogen-bond acceptors (Lipinski definition) is 5. The number of rotatable bonds is 9. The van der Waals surface area contributed by atoms with Gasteiger partial charge in [-0.3, -0.25) is 4.79 Å². The summed E-state index contributed by atoms with van der Waals surface area (Å²) in [5.41, 5.74) is 3.85. The number of aromatic amines is 1. The molecule has 41 heavy (non-hydrogen) atoms. The number of carbonyl (C=O) groups excluding carboxylic acids is 1. The molecule has 0 saturated heterocycles. The highest BCUT2D eigenvalue weighted by Gasteiger charge is 2.38. The Morgan fingerprint density at radius 3 is 2.27 bits per heavy atom. The fourth-order valence-electron chi connectivity index (χ4n) is 4.04. The van der Waals surface area contributed by atoms with E-state index in [9.17, 15) is 27.9 Å². The van der Waals surface area contributed by atoms with Crippen molar-refractivity contribution in [1.82, 2.24) is 15.3 Å². The molecule has 12 heteroatoms. The number of anilines is 1. The van der Waals surface area contributed by atoms with Gasteiger partial charge in [-0.1, -0.05) is 56.3 Å². The SMILES string of the molecule is CC(C)CC(NC(=O)c1ccc(NCc2cnc[nH]2)cc1-c1cccc2ccccc12)C(=O)O.O=C(O)C(F)(F)F. The van der Waals surface area contributed by atoms with Crippen LogP contribution in [0.3, 0.4) is 0 Å². The fraction of sp³-hybridized carbons (Fsp3) is 0.241. The molecule has 0 aliphatic rings. The summed E-state index contributed by atoms with van der Waals surface area (Å²) in [7, 11) is 0. The maximum absolute atomic E-state index is 13.3. The third-order valence-corrected chi connectivity index (χ3v) is 5.93. The van der Waals surface area contributed by atoms with Crippen LogP contribution in [0.1, 0.15) is 36.3 Å². The van der Waals surface area contributed by atoms with Crippen molar-refractivity contribution < 1.29 is 37.8 Å². The van der Waals surface area contributed by atoms with Crippen LogP contribution >= 0.6 is 0 Å². The molecule has 1 unspecified atom stereocenters. The first kappa shape index (κ1) is 30.7. The molecule has 4 aromatic rings. The summed E-state index contributed by atoms with van der Waals surface area (Å²) in [5.74, 6) is -4.07. The van der Waals surface area contributed by atoms with E-state index in [1.165, 1.54) is 0 Å². The lowest BCUT2D eigenvalue weighted by atomic mass is 9.93. The lowest BCUT2D eigenvalue weighted by molar-refractivity contribution is -0.192. The first-order valence-corrected chi connectivity index (χ1v) is 12.5. The minimum Gasteiger partial charge on any atom is -0.480 e. The van der Waals surface area contributed by atoms with E-state index < -0.39 is 30.1 Å². The lowest BCUT2D eigenvalue weighted by Gasteiger charge is -2.19. The summed E-state index contributed by atoms with van der Waals surface area (Å²) in [6.45, 7) is 4.42. The molecule has 3 aromatic carbocycles. The molecule has 0 fully saturated rings. The number of alkyl halides is 3. The minimum absolute atomic E-state index is 0.132. The molecule has 216 valence electrons. The number of benzene rings is 3. The van der Waals surface area contributed by atoms with Crippen LogP contribution in [0.2, 0.25) is 0 Å². The number of nitrogens with zero attached hydrogens (tertiary/aromatic N) is 1. The van der Waals surface area contributed by atoms with Gasteiger partial charge in [0.1, 0.15) is 6.04 Å². The van der Waals surface area contributed by atoms with Gasteiger partial charge in [-0.25, -0.2) is 14.6 Å². The summed E-state index contributed by atoms with van der Waals surface area (Å²) in [6, 6.07) is 18.5. The number of carboxylic acid groups (broad SMARTS) is 2. The molecule has 9 nitrogen and oxygen atoms in total. The average Bonchev–Trinajstić information content (AvgIpc) is 3.44. The van der Waals surface area contributed by atoms with Gasteiger partial charge in [-0.05, 0) is 52.4 Å². The van der Waals surface area contributed by atoms with Gasteiger partial charge in [-0.2, -0.15) is 13.2 Å². The number of nitrogens with one attached hydrogen (secondary N) is 3. The second kappa shape index (κ2) is 13.5. The molecular weight excluding hydrogens is 541 g/mol. The minimum atomic E-state index is -5.08. The molecule has 4 rings (SSSR count). The maximum atomic E-state index is 13.3. The summed E-state index contributed by atoms with van der Waals surface area (Å²) in [4.78, 5) is 41.1. The molecule has 5 N–H and O–H groups in total. The van der Waals surface area contributed by atoms with Crippen LogP contribution in [-0.2, 0) is 16.1 Å². The highest BCUT2D eigenvalue weighted by molar-refractivity contribution is 6.07. The Morgan fingerprint density at radius 2 is 1.66 bits per heavy atom. The molecular formula is C29H29F3N4O5. The number of carbonyl (C=O) groups is 3. The van der Waals surface area contributed by atoms with E-state index in [-0.39, 0.29) is 5.92 Å². The van der Waals surface area contributed by atoms with Gasteiger partial charge in [0.2, 0.25) is 0 Å². The summed E-state index contributed by atoms with van der Waals surface area (Å²) < 4.78 is 31.7. The monoisotopic (exact) mass is 570 g/mol. The Hall–Kier alpha value is -4.87. The van der Waals surface area contributed by atoms with E-state index in [4.69, 9.17) is 9.90 Å². The standard InChI is InChI=1S/C27H28N4O3.C2HF3O2/c1-17(2)12-25(27(33)34)31-26(32)23-11-10-19(29-15-20-14-28-16-30-20)13-24(23)22-9-5-7-18-6-3-4-8-21(18)22;3-2(4,5)1(6)7/h3-11,13-14,16-17,25,29H,12,15H2,1-2H3,(H,28,30)(H,31,32)(H,33,34);(H,6,7). The van der Waals surface area contributed by atoms with E-state index in [1.54, 1.807) is 18.6 Å². The predicted molar refractivity (Wildman–Crippen MR) is 147 cm³/mol. The number of aromatic nitrogens is 2. The van der Waals surface area contributed by atoms with E-state index >= 15 is 0 Å². The zero-order valence-corrected chi connectivity index (χ0v) is 22.2. The Labute approximate surface area is 233 Å². The van der Waals surface area contributed by atoms with E-state index in [0.29, 0.717) is 18.5 Å². The fourth-order valence-corrected chi connectivity index (χ4v) is 4.04. The number of imidazole rings is 1. The second-order valence-electron chi connectivity index (χ2n) is 9.51. The molecule has 0 radical (unpaired) electrons. The molecule has 1 aromatic heterocycles. The number of H-pyrrole nitrogens is 1. The lowest BCUT2D eigenvalue weighted by Crippen LogP contribution is -2.41. The smallest absolute Gasteiger partial charge is 0.480 e. The Balaban J connectivity index is 0.000000587. The molecule has 0 aliphatic carbocycles. The third-order valence-electron chi connectivity index (χ3n) is 5.93. The molecule has 1 atom stereocenters. The number of amides is 1. The Bertz CT molecular complexity index is 1500. The third kappa shape index (κ3) is 8.56.